The molecule has 4 rings (SSSR count). The lowest BCUT2D eigenvalue weighted by atomic mass is 10.1. The van der Waals surface area contributed by atoms with E-state index in [9.17, 15) is 4.39 Å². The van der Waals surface area contributed by atoms with Gasteiger partial charge in [-0.1, -0.05) is 6.07 Å². The van der Waals surface area contributed by atoms with Crippen LogP contribution in [0.15, 0.2) is 54.9 Å². The van der Waals surface area contributed by atoms with Crippen LogP contribution in [0.1, 0.15) is 5.56 Å². The molecular weight excluding hydrogens is 317 g/mol. The fourth-order valence-corrected chi connectivity index (χ4v) is 3.40. The van der Waals surface area contributed by atoms with Crippen LogP contribution in [0.3, 0.4) is 0 Å². The Morgan fingerprint density at radius 3 is 2.64 bits per heavy atom. The van der Waals surface area contributed by atoms with Gasteiger partial charge < -0.3 is 4.90 Å². The van der Waals surface area contributed by atoms with Crippen LogP contribution < -0.4 is 14.8 Å². The third-order valence-electron chi connectivity index (χ3n) is 4.80. The van der Waals surface area contributed by atoms with Crippen molar-refractivity contribution >= 4 is 5.82 Å². The van der Waals surface area contributed by atoms with Crippen LogP contribution in [0.4, 0.5) is 10.2 Å². The summed E-state index contributed by atoms with van der Waals surface area (Å²) in [5.41, 5.74) is 3.15. The van der Waals surface area contributed by atoms with Crippen molar-refractivity contribution < 1.29 is 14.3 Å². The number of pyridine rings is 1. The Balaban J connectivity index is 1.41. The van der Waals surface area contributed by atoms with Gasteiger partial charge in [-0.15, -0.1) is 0 Å². The molecule has 25 heavy (non-hydrogen) atoms. The van der Waals surface area contributed by atoms with Gasteiger partial charge in [0.2, 0.25) is 0 Å². The molecule has 3 heterocycles. The van der Waals surface area contributed by atoms with E-state index in [1.165, 1.54) is 28.4 Å². The van der Waals surface area contributed by atoms with Crippen LogP contribution >= 0.6 is 0 Å². The van der Waals surface area contributed by atoms with Gasteiger partial charge in [-0.05, 0) is 30.3 Å². The Hall–Kier alpha value is -2.73. The number of H-pyrrole nitrogens is 2. The second-order valence-corrected chi connectivity index (χ2v) is 6.44. The van der Waals surface area contributed by atoms with Crippen molar-refractivity contribution in [3.63, 3.8) is 0 Å². The van der Waals surface area contributed by atoms with E-state index in [0.717, 1.165) is 44.0 Å². The van der Waals surface area contributed by atoms with Gasteiger partial charge >= 0.3 is 0 Å². The molecule has 0 radical (unpaired) electrons. The zero-order valence-corrected chi connectivity index (χ0v) is 14.0. The highest BCUT2D eigenvalue weighted by molar-refractivity contribution is 5.62. The summed E-state index contributed by atoms with van der Waals surface area (Å²) in [5, 5.41) is 7.27. The standard InChI is InChI=1S/C19H20FN5/c20-17-6-4-15(5-7-17)19-16(13-22-23-19)14-24-9-11-25(12-10-24)18-3-1-2-8-21-18/h1-8,13H,9-12,14H2,(H,22,23)/p+2. The first-order valence-electron chi connectivity index (χ1n) is 8.63. The molecule has 6 heteroatoms. The fourth-order valence-electron chi connectivity index (χ4n) is 3.40. The van der Waals surface area contributed by atoms with Gasteiger partial charge in [-0.25, -0.2) is 9.37 Å². The van der Waals surface area contributed by atoms with E-state index >= 15 is 0 Å². The van der Waals surface area contributed by atoms with E-state index < -0.39 is 0 Å². The van der Waals surface area contributed by atoms with Gasteiger partial charge in [-0.2, -0.15) is 5.10 Å². The summed E-state index contributed by atoms with van der Waals surface area (Å²) in [4.78, 5) is 7.23. The normalized spacial score (nSPS) is 15.5. The molecule has 128 valence electrons. The quantitative estimate of drug-likeness (QED) is 0.743. The third-order valence-corrected chi connectivity index (χ3v) is 4.80. The summed E-state index contributed by atoms with van der Waals surface area (Å²) in [6.07, 6.45) is 3.86. The lowest BCUT2D eigenvalue weighted by Gasteiger charge is -2.28. The lowest BCUT2D eigenvalue weighted by Crippen LogP contribution is -3.13. The summed E-state index contributed by atoms with van der Waals surface area (Å²) >= 11 is 0. The minimum absolute atomic E-state index is 0.218. The summed E-state index contributed by atoms with van der Waals surface area (Å²) in [6, 6.07) is 12.7. The summed E-state index contributed by atoms with van der Waals surface area (Å²) < 4.78 is 13.1. The molecule has 3 aromatic rings. The minimum Gasteiger partial charge on any atom is -0.325 e. The van der Waals surface area contributed by atoms with Crippen molar-refractivity contribution in [1.29, 1.82) is 0 Å². The number of halogens is 1. The molecule has 2 aromatic heterocycles. The number of nitrogens with one attached hydrogen (secondary N) is 3. The zero-order valence-electron chi connectivity index (χ0n) is 14.0. The van der Waals surface area contributed by atoms with E-state index in [1.54, 1.807) is 12.1 Å². The molecule has 0 aliphatic carbocycles. The number of quaternary nitrogens is 1. The first-order chi connectivity index (χ1) is 12.3. The van der Waals surface area contributed by atoms with E-state index in [1.807, 2.05) is 18.5 Å². The Morgan fingerprint density at radius 1 is 1.12 bits per heavy atom. The van der Waals surface area contributed by atoms with Crippen LogP contribution in [0.2, 0.25) is 0 Å². The number of aromatic nitrogens is 3. The molecule has 0 unspecified atom stereocenters. The molecule has 1 aliphatic rings. The number of hydrogen-bond acceptors (Lipinski definition) is 2. The Kier molecular flexibility index (Phi) is 4.43. The van der Waals surface area contributed by atoms with Crippen LogP contribution in [-0.2, 0) is 6.54 Å². The molecule has 1 aliphatic heterocycles. The molecule has 1 saturated heterocycles. The highest BCUT2D eigenvalue weighted by Crippen LogP contribution is 2.20. The fraction of sp³-hybridized carbons (Fsp3) is 0.263. The Bertz CT molecular complexity index is 807. The van der Waals surface area contributed by atoms with Crippen molar-refractivity contribution in [3.8, 4) is 11.3 Å². The molecule has 1 aromatic carbocycles. The number of piperazine rings is 1. The number of nitrogens with zero attached hydrogens (tertiary/aromatic N) is 2. The number of hydrogen-bond donors (Lipinski definition) is 2. The van der Waals surface area contributed by atoms with Gasteiger partial charge in [0.05, 0.1) is 23.7 Å². The average Bonchev–Trinajstić information content (AvgIpc) is 3.12. The first-order valence-corrected chi connectivity index (χ1v) is 8.63. The van der Waals surface area contributed by atoms with Gasteiger partial charge in [0, 0.05) is 11.6 Å². The molecule has 0 saturated carbocycles. The number of aromatic amines is 2. The van der Waals surface area contributed by atoms with E-state index in [2.05, 4.69) is 32.2 Å². The maximum atomic E-state index is 13.1. The third kappa shape index (κ3) is 3.53. The SMILES string of the molecule is Fc1ccc(-c2[nH]ncc2C[NH+]2CCN(c3cccc[nH+]3)CC2)cc1. The Morgan fingerprint density at radius 2 is 1.92 bits per heavy atom. The highest BCUT2D eigenvalue weighted by atomic mass is 19.1. The number of benzene rings is 1. The summed E-state index contributed by atoms with van der Waals surface area (Å²) in [6.45, 7) is 5.14. The van der Waals surface area contributed by atoms with Gasteiger partial charge in [0.25, 0.3) is 5.82 Å². The molecule has 5 nitrogen and oxygen atoms in total. The van der Waals surface area contributed by atoms with Crippen LogP contribution in [0, 0.1) is 5.82 Å². The second-order valence-electron chi connectivity index (χ2n) is 6.44. The molecule has 0 atom stereocenters. The van der Waals surface area contributed by atoms with E-state index in [0.29, 0.717) is 0 Å². The number of rotatable bonds is 4. The van der Waals surface area contributed by atoms with Crippen LogP contribution in [0.5, 0.6) is 0 Å². The van der Waals surface area contributed by atoms with Crippen LogP contribution in [0.25, 0.3) is 11.3 Å². The van der Waals surface area contributed by atoms with Crippen molar-refractivity contribution in [1.82, 2.24) is 10.2 Å². The van der Waals surface area contributed by atoms with Gasteiger partial charge in [0.1, 0.15) is 38.5 Å². The van der Waals surface area contributed by atoms with Crippen molar-refractivity contribution in [2.24, 2.45) is 0 Å². The zero-order chi connectivity index (χ0) is 17.1. The molecular formula is C19H22FN5+2. The monoisotopic (exact) mass is 339 g/mol. The lowest BCUT2D eigenvalue weighted by molar-refractivity contribution is -0.914. The maximum absolute atomic E-state index is 13.1. The second kappa shape index (κ2) is 7.03. The maximum Gasteiger partial charge on any atom is 0.274 e. The predicted molar refractivity (Wildman–Crippen MR) is 93.6 cm³/mol. The summed E-state index contributed by atoms with van der Waals surface area (Å²) in [5.74, 6) is 0.959. The average molecular weight is 339 g/mol. The highest BCUT2D eigenvalue weighted by Gasteiger charge is 2.26. The topological polar surface area (TPSA) is 50.5 Å². The van der Waals surface area contributed by atoms with Gasteiger partial charge in [0.15, 0.2) is 0 Å². The minimum atomic E-state index is -0.218. The molecule has 3 N–H and O–H groups in total. The Labute approximate surface area is 146 Å². The largest absolute Gasteiger partial charge is 0.325 e. The predicted octanol–water partition coefficient (Wildman–Crippen LogP) is 0.935. The molecule has 1 fully saturated rings. The van der Waals surface area contributed by atoms with Crippen molar-refractivity contribution in [3.05, 3.63) is 66.2 Å². The van der Waals surface area contributed by atoms with E-state index in [-0.39, 0.29) is 5.82 Å². The molecule has 0 amide bonds. The first kappa shape index (κ1) is 15.8. The smallest absolute Gasteiger partial charge is 0.274 e. The molecule has 0 bridgehead atoms. The number of anilines is 1. The van der Waals surface area contributed by atoms with Crippen LogP contribution in [-0.4, -0.2) is 36.4 Å². The van der Waals surface area contributed by atoms with Gasteiger partial charge in [-0.3, -0.25) is 10.00 Å². The molecule has 0 spiro atoms. The van der Waals surface area contributed by atoms with Crippen molar-refractivity contribution in [2.45, 2.75) is 6.54 Å². The summed E-state index contributed by atoms with van der Waals surface area (Å²) in [7, 11) is 0. The van der Waals surface area contributed by atoms with Crippen molar-refractivity contribution in [2.75, 3.05) is 31.1 Å². The van der Waals surface area contributed by atoms with E-state index in [4.69, 9.17) is 0 Å².